The molecular formula is C31H23ClN2O3. The van der Waals surface area contributed by atoms with E-state index >= 15 is 0 Å². The minimum Gasteiger partial charge on any atom is -0.505 e. The molecule has 5 nitrogen and oxygen atoms in total. The maximum Gasteiger partial charge on any atom is 0.318 e. The molecule has 0 fully saturated rings. The molecule has 0 aromatic heterocycles. The minimum atomic E-state index is -0.414. The van der Waals surface area contributed by atoms with Crippen LogP contribution in [0.5, 0.6) is 11.5 Å². The number of nitrogens with zero attached hydrogens (tertiary/aromatic N) is 2. The summed E-state index contributed by atoms with van der Waals surface area (Å²) in [5.74, 6) is -0.451. The number of fused-ring (bicyclic) bond motifs is 3. The average molecular weight is 507 g/mol. The first-order valence-electron chi connectivity index (χ1n) is 12.2. The molecule has 6 rings (SSSR count). The molecule has 6 heteroatoms. The number of phenols is 1. The summed E-state index contributed by atoms with van der Waals surface area (Å²) in [5, 5.41) is 19.7. The summed E-state index contributed by atoms with van der Waals surface area (Å²) in [7, 11) is 0. The fraction of sp³-hybridized carbons (Fsp3) is 0.129. The first-order valence-corrected chi connectivity index (χ1v) is 12.5. The number of hydrogen-bond donors (Lipinski definition) is 1. The van der Waals surface area contributed by atoms with Crippen LogP contribution >= 0.6 is 11.6 Å². The summed E-state index contributed by atoms with van der Waals surface area (Å²) >= 11 is 5.96. The number of azo groups is 1. The second kappa shape index (κ2) is 9.68. The monoisotopic (exact) mass is 506 g/mol. The Kier molecular flexibility index (Phi) is 6.07. The lowest BCUT2D eigenvalue weighted by atomic mass is 9.68. The van der Waals surface area contributed by atoms with Crippen LogP contribution in [-0.4, -0.2) is 11.1 Å². The molecule has 1 aliphatic heterocycles. The van der Waals surface area contributed by atoms with Gasteiger partial charge in [-0.05, 0) is 65.4 Å². The lowest BCUT2D eigenvalue weighted by molar-refractivity contribution is -0.138. The van der Waals surface area contributed by atoms with E-state index in [4.69, 9.17) is 16.3 Å². The van der Waals surface area contributed by atoms with Crippen LogP contribution in [0.1, 0.15) is 34.9 Å². The first-order chi connectivity index (χ1) is 18.1. The predicted molar refractivity (Wildman–Crippen MR) is 144 cm³/mol. The molecule has 1 heterocycles. The topological polar surface area (TPSA) is 71.2 Å². The summed E-state index contributed by atoms with van der Waals surface area (Å²) in [6, 6.07) is 30.9. The summed E-state index contributed by atoms with van der Waals surface area (Å²) < 4.78 is 5.83. The van der Waals surface area contributed by atoms with E-state index in [1.54, 1.807) is 36.4 Å². The fourth-order valence-electron chi connectivity index (χ4n) is 5.28. The second-order valence-corrected chi connectivity index (χ2v) is 9.71. The Hall–Kier alpha value is -4.22. The van der Waals surface area contributed by atoms with E-state index in [9.17, 15) is 9.90 Å². The molecular weight excluding hydrogens is 484 g/mol. The van der Waals surface area contributed by atoms with E-state index in [0.717, 1.165) is 11.1 Å². The van der Waals surface area contributed by atoms with Gasteiger partial charge in [0.05, 0.1) is 11.6 Å². The van der Waals surface area contributed by atoms with Crippen LogP contribution in [0.2, 0.25) is 5.02 Å². The van der Waals surface area contributed by atoms with Crippen LogP contribution in [0.4, 0.5) is 11.4 Å². The summed E-state index contributed by atoms with van der Waals surface area (Å²) in [6.45, 7) is 0. The van der Waals surface area contributed by atoms with E-state index < -0.39 is 5.92 Å². The number of aromatic hydroxyl groups is 1. The zero-order valence-electron chi connectivity index (χ0n) is 19.8. The van der Waals surface area contributed by atoms with Crippen LogP contribution < -0.4 is 4.74 Å². The number of benzene rings is 4. The number of ether oxygens (including phenoxy) is 1. The van der Waals surface area contributed by atoms with Gasteiger partial charge in [-0.15, -0.1) is 5.11 Å². The molecule has 0 radical (unpaired) electrons. The van der Waals surface area contributed by atoms with Crippen molar-refractivity contribution in [2.24, 2.45) is 16.1 Å². The second-order valence-electron chi connectivity index (χ2n) is 9.27. The molecule has 182 valence electrons. The van der Waals surface area contributed by atoms with E-state index in [2.05, 4.69) is 40.6 Å². The number of hydrogen-bond acceptors (Lipinski definition) is 5. The van der Waals surface area contributed by atoms with Crippen molar-refractivity contribution in [1.29, 1.82) is 0 Å². The summed E-state index contributed by atoms with van der Waals surface area (Å²) in [5.41, 5.74) is 4.71. The Morgan fingerprint density at radius 1 is 0.811 bits per heavy atom. The SMILES string of the molecule is O=C1Oc2c(ccc(O)c2N=Nc2ccc(Cl)cc2)C2=CC(c3ccccc3)C(c3ccccc3)CC12. The molecule has 4 aromatic rings. The van der Waals surface area contributed by atoms with Gasteiger partial charge in [-0.2, -0.15) is 5.11 Å². The van der Waals surface area contributed by atoms with Crippen molar-refractivity contribution in [1.82, 2.24) is 0 Å². The van der Waals surface area contributed by atoms with E-state index in [-0.39, 0.29) is 35.0 Å². The number of phenolic OH excluding ortho intramolecular Hbond substituents is 1. The van der Waals surface area contributed by atoms with Crippen molar-refractivity contribution < 1.29 is 14.6 Å². The highest BCUT2D eigenvalue weighted by Crippen LogP contribution is 2.54. The highest BCUT2D eigenvalue weighted by atomic mass is 35.5. The van der Waals surface area contributed by atoms with Crippen molar-refractivity contribution in [3.05, 3.63) is 125 Å². The van der Waals surface area contributed by atoms with Gasteiger partial charge in [0.2, 0.25) is 0 Å². The lowest BCUT2D eigenvalue weighted by Crippen LogP contribution is -2.32. The lowest BCUT2D eigenvalue weighted by Gasteiger charge is -2.38. The Labute approximate surface area is 219 Å². The van der Waals surface area contributed by atoms with Gasteiger partial charge in [0, 0.05) is 16.5 Å². The predicted octanol–water partition coefficient (Wildman–Crippen LogP) is 8.35. The third-order valence-corrected chi connectivity index (χ3v) is 7.32. The smallest absolute Gasteiger partial charge is 0.318 e. The van der Waals surface area contributed by atoms with Crippen molar-refractivity contribution in [3.63, 3.8) is 0 Å². The Morgan fingerprint density at radius 2 is 1.49 bits per heavy atom. The molecule has 3 atom stereocenters. The van der Waals surface area contributed by atoms with Crippen LogP contribution in [-0.2, 0) is 4.79 Å². The maximum atomic E-state index is 13.4. The maximum absolute atomic E-state index is 13.4. The van der Waals surface area contributed by atoms with Crippen molar-refractivity contribution in [2.75, 3.05) is 0 Å². The highest BCUT2D eigenvalue weighted by Gasteiger charge is 2.42. The van der Waals surface area contributed by atoms with Crippen molar-refractivity contribution in [3.8, 4) is 11.5 Å². The van der Waals surface area contributed by atoms with E-state index in [1.807, 2.05) is 36.4 Å². The number of rotatable bonds is 4. The van der Waals surface area contributed by atoms with Crippen LogP contribution in [0.25, 0.3) is 5.57 Å². The Bertz CT molecular complexity index is 1520. The molecule has 0 amide bonds. The van der Waals surface area contributed by atoms with Gasteiger partial charge >= 0.3 is 5.97 Å². The molecule has 2 aliphatic rings. The molecule has 1 aliphatic carbocycles. The number of allylic oxidation sites excluding steroid dienone is 1. The normalized spacial score (nSPS) is 20.6. The summed E-state index contributed by atoms with van der Waals surface area (Å²) in [6.07, 6.45) is 2.81. The molecule has 0 saturated heterocycles. The fourth-order valence-corrected chi connectivity index (χ4v) is 5.40. The number of halogens is 1. The zero-order chi connectivity index (χ0) is 25.4. The van der Waals surface area contributed by atoms with Gasteiger partial charge in [-0.3, -0.25) is 4.79 Å². The number of carbonyl (C=O) groups is 1. The first kappa shape index (κ1) is 23.2. The van der Waals surface area contributed by atoms with Crippen LogP contribution in [0.3, 0.4) is 0 Å². The molecule has 4 aromatic carbocycles. The Morgan fingerprint density at radius 3 is 2.19 bits per heavy atom. The highest BCUT2D eigenvalue weighted by molar-refractivity contribution is 6.30. The molecule has 37 heavy (non-hydrogen) atoms. The largest absolute Gasteiger partial charge is 0.505 e. The van der Waals surface area contributed by atoms with Gasteiger partial charge in [-0.1, -0.05) is 78.3 Å². The van der Waals surface area contributed by atoms with Crippen molar-refractivity contribution >= 4 is 34.5 Å². The molecule has 1 N–H and O–H groups in total. The van der Waals surface area contributed by atoms with Crippen LogP contribution in [0.15, 0.2) is 113 Å². The molecule has 0 bridgehead atoms. The third kappa shape index (κ3) is 4.43. The Balaban J connectivity index is 1.47. The standard InChI is InChI=1S/C31H23ClN2O3/c32-21-11-13-22(14-12-21)33-34-29-28(35)16-15-23-26-17-24(19-7-3-1-4-8-19)25(20-9-5-2-6-10-20)18-27(26)31(36)37-30(23)29/h1-17,24-25,27,35H,18H2. The van der Waals surface area contributed by atoms with Gasteiger partial charge in [-0.25, -0.2) is 0 Å². The minimum absolute atomic E-state index is 0.0709. The van der Waals surface area contributed by atoms with Crippen molar-refractivity contribution in [2.45, 2.75) is 18.3 Å². The molecule has 0 saturated carbocycles. The quantitative estimate of drug-likeness (QED) is 0.172. The van der Waals surface area contributed by atoms with E-state index in [1.165, 1.54) is 11.1 Å². The zero-order valence-corrected chi connectivity index (χ0v) is 20.5. The van der Waals surface area contributed by atoms with Gasteiger partial charge < -0.3 is 9.84 Å². The summed E-state index contributed by atoms with van der Waals surface area (Å²) in [4.78, 5) is 13.4. The van der Waals surface area contributed by atoms with E-state index in [0.29, 0.717) is 17.1 Å². The molecule has 0 spiro atoms. The van der Waals surface area contributed by atoms with Gasteiger partial charge in [0.1, 0.15) is 5.75 Å². The average Bonchev–Trinajstić information content (AvgIpc) is 2.94. The number of esters is 1. The third-order valence-electron chi connectivity index (χ3n) is 7.07. The molecule has 3 unspecified atom stereocenters. The van der Waals surface area contributed by atoms with Gasteiger partial charge in [0.25, 0.3) is 0 Å². The number of carbonyl (C=O) groups excluding carboxylic acids is 1. The van der Waals surface area contributed by atoms with Crippen LogP contribution in [0, 0.1) is 5.92 Å². The van der Waals surface area contributed by atoms with Gasteiger partial charge in [0.15, 0.2) is 11.4 Å².